The summed E-state index contributed by atoms with van der Waals surface area (Å²) in [7, 11) is 0. The Morgan fingerprint density at radius 2 is 2.00 bits per heavy atom. The molecule has 1 amide bonds. The van der Waals surface area contributed by atoms with Gasteiger partial charge in [0.15, 0.2) is 4.34 Å². The van der Waals surface area contributed by atoms with Gasteiger partial charge in [-0.25, -0.2) is 4.98 Å². The normalized spacial score (nSPS) is 11.7. The first-order valence-corrected chi connectivity index (χ1v) is 9.94. The average molecular weight is 372 g/mol. The summed E-state index contributed by atoms with van der Waals surface area (Å²) >= 11 is 3.07. The lowest BCUT2D eigenvalue weighted by Crippen LogP contribution is -2.15. The molecule has 2 heterocycles. The van der Waals surface area contributed by atoms with Crippen LogP contribution in [0.3, 0.4) is 0 Å². The summed E-state index contributed by atoms with van der Waals surface area (Å²) in [6.45, 7) is 8.35. The van der Waals surface area contributed by atoms with Crippen molar-refractivity contribution in [1.29, 1.82) is 0 Å². The number of hydrogen-bond acceptors (Lipinski definition) is 5. The Balaban J connectivity index is 1.68. The van der Waals surface area contributed by atoms with Crippen LogP contribution in [-0.2, 0) is 10.2 Å². The van der Waals surface area contributed by atoms with Gasteiger partial charge in [-0.05, 0) is 19.1 Å². The molecule has 1 N–H and O–H groups in total. The van der Waals surface area contributed by atoms with Crippen LogP contribution in [-0.4, -0.2) is 21.6 Å². The molecule has 25 heavy (non-hydrogen) atoms. The van der Waals surface area contributed by atoms with Gasteiger partial charge in [0.1, 0.15) is 0 Å². The Labute approximate surface area is 156 Å². The third kappa shape index (κ3) is 4.38. The zero-order valence-electron chi connectivity index (χ0n) is 14.8. The van der Waals surface area contributed by atoms with Crippen molar-refractivity contribution in [3.8, 4) is 0 Å². The minimum atomic E-state index is -0.0340. The number of anilines is 1. The smallest absolute Gasteiger partial charge is 0.234 e. The monoisotopic (exact) mass is 371 g/mol. The van der Waals surface area contributed by atoms with Gasteiger partial charge >= 0.3 is 0 Å². The van der Waals surface area contributed by atoms with E-state index in [9.17, 15) is 4.79 Å². The minimum Gasteiger partial charge on any atom is -0.325 e. The number of thioether (sulfide) groups is 1. The maximum absolute atomic E-state index is 12.4. The molecule has 130 valence electrons. The van der Waals surface area contributed by atoms with Crippen LogP contribution in [0.1, 0.15) is 32.2 Å². The molecule has 6 heteroatoms. The Morgan fingerprint density at radius 3 is 2.72 bits per heavy atom. The first kappa shape index (κ1) is 17.9. The Hall–Kier alpha value is -1.92. The Morgan fingerprint density at radius 1 is 1.24 bits per heavy atom. The van der Waals surface area contributed by atoms with Crippen molar-refractivity contribution in [2.24, 2.45) is 0 Å². The van der Waals surface area contributed by atoms with Crippen LogP contribution in [0.4, 0.5) is 5.69 Å². The number of rotatable bonds is 4. The summed E-state index contributed by atoms with van der Waals surface area (Å²) in [6, 6.07) is 9.74. The highest BCUT2D eigenvalue weighted by atomic mass is 32.2. The van der Waals surface area contributed by atoms with Gasteiger partial charge in [0.05, 0.1) is 22.7 Å². The number of aromatic nitrogens is 2. The van der Waals surface area contributed by atoms with Gasteiger partial charge in [-0.15, -0.1) is 11.3 Å². The number of aryl methyl sites for hydroxylation is 1. The quantitative estimate of drug-likeness (QED) is 0.654. The molecule has 0 saturated carbocycles. The molecule has 0 saturated heterocycles. The predicted molar refractivity (Wildman–Crippen MR) is 107 cm³/mol. The van der Waals surface area contributed by atoms with Crippen molar-refractivity contribution in [3.63, 3.8) is 0 Å². The molecule has 3 rings (SSSR count). The fourth-order valence-electron chi connectivity index (χ4n) is 2.39. The predicted octanol–water partition coefficient (Wildman–Crippen LogP) is 5.03. The van der Waals surface area contributed by atoms with E-state index in [1.165, 1.54) is 11.8 Å². The molecule has 0 aliphatic rings. The minimum absolute atomic E-state index is 0.0328. The number of fused-ring (bicyclic) bond motifs is 1. The van der Waals surface area contributed by atoms with Gasteiger partial charge in [-0.1, -0.05) is 50.7 Å². The molecule has 0 aliphatic carbocycles. The van der Waals surface area contributed by atoms with E-state index >= 15 is 0 Å². The van der Waals surface area contributed by atoms with Crippen LogP contribution < -0.4 is 5.32 Å². The third-order valence-electron chi connectivity index (χ3n) is 3.70. The van der Waals surface area contributed by atoms with Gasteiger partial charge in [-0.3, -0.25) is 9.78 Å². The van der Waals surface area contributed by atoms with E-state index in [1.54, 1.807) is 11.3 Å². The molecule has 2 aromatic heterocycles. The number of amides is 1. The third-order valence-corrected chi connectivity index (χ3v) is 5.72. The van der Waals surface area contributed by atoms with Crippen molar-refractivity contribution in [1.82, 2.24) is 9.97 Å². The Bertz CT molecular complexity index is 912. The maximum Gasteiger partial charge on any atom is 0.234 e. The topological polar surface area (TPSA) is 54.9 Å². The molecule has 0 spiro atoms. The van der Waals surface area contributed by atoms with E-state index in [4.69, 9.17) is 0 Å². The van der Waals surface area contributed by atoms with E-state index in [0.29, 0.717) is 5.75 Å². The zero-order chi connectivity index (χ0) is 18.0. The first-order chi connectivity index (χ1) is 11.8. The lowest BCUT2D eigenvalue weighted by Gasteiger charge is -2.14. The van der Waals surface area contributed by atoms with Gasteiger partial charge < -0.3 is 5.32 Å². The lowest BCUT2D eigenvalue weighted by atomic mass is 9.93. The molecular weight excluding hydrogens is 350 g/mol. The van der Waals surface area contributed by atoms with Crippen molar-refractivity contribution >= 4 is 45.6 Å². The SMILES string of the molecule is Cc1cc(NC(=O)CSc2nc(C(C)(C)C)cs2)c2ccccc2n1. The van der Waals surface area contributed by atoms with Crippen LogP contribution in [0.2, 0.25) is 0 Å². The van der Waals surface area contributed by atoms with E-state index < -0.39 is 0 Å². The highest BCUT2D eigenvalue weighted by molar-refractivity contribution is 8.01. The summed E-state index contributed by atoms with van der Waals surface area (Å²) in [6.07, 6.45) is 0. The van der Waals surface area contributed by atoms with Crippen LogP contribution in [0, 0.1) is 6.92 Å². The van der Waals surface area contributed by atoms with E-state index in [-0.39, 0.29) is 11.3 Å². The molecule has 1 aromatic carbocycles. The van der Waals surface area contributed by atoms with Crippen LogP contribution in [0.15, 0.2) is 40.1 Å². The summed E-state index contributed by atoms with van der Waals surface area (Å²) in [5.41, 5.74) is 3.68. The second-order valence-electron chi connectivity index (χ2n) is 6.91. The molecule has 3 aromatic rings. The van der Waals surface area contributed by atoms with Crippen LogP contribution in [0.25, 0.3) is 10.9 Å². The highest BCUT2D eigenvalue weighted by Gasteiger charge is 2.18. The molecule has 0 fully saturated rings. The summed E-state index contributed by atoms with van der Waals surface area (Å²) in [5.74, 6) is 0.306. The number of thiazole rings is 1. The molecule has 0 unspecified atom stereocenters. The van der Waals surface area contributed by atoms with E-state index in [0.717, 1.165) is 32.3 Å². The molecule has 0 aliphatic heterocycles. The number of nitrogens with one attached hydrogen (secondary N) is 1. The molecular formula is C19H21N3OS2. The van der Waals surface area contributed by atoms with Crippen LogP contribution >= 0.6 is 23.1 Å². The zero-order valence-corrected chi connectivity index (χ0v) is 16.4. The highest BCUT2D eigenvalue weighted by Crippen LogP contribution is 2.29. The van der Waals surface area contributed by atoms with E-state index in [2.05, 4.69) is 41.4 Å². The second-order valence-corrected chi connectivity index (χ2v) is 8.99. The average Bonchev–Trinajstić information content (AvgIpc) is 3.02. The van der Waals surface area contributed by atoms with Gasteiger partial charge in [0.2, 0.25) is 5.91 Å². The molecule has 4 nitrogen and oxygen atoms in total. The number of benzene rings is 1. The number of pyridine rings is 1. The maximum atomic E-state index is 12.4. The first-order valence-electron chi connectivity index (χ1n) is 8.08. The standard InChI is InChI=1S/C19H21N3OS2/c1-12-9-15(13-7-5-6-8-14(13)20-12)21-17(23)11-25-18-22-16(10-24-18)19(2,3)4/h5-10H,11H2,1-4H3,(H,20,21,23). The molecule has 0 radical (unpaired) electrons. The Kier molecular flexibility index (Phi) is 5.11. The fraction of sp³-hybridized carbons (Fsp3) is 0.316. The van der Waals surface area contributed by atoms with Crippen LogP contribution in [0.5, 0.6) is 0 Å². The number of carbonyl (C=O) groups is 1. The van der Waals surface area contributed by atoms with Gasteiger partial charge in [-0.2, -0.15) is 0 Å². The number of carbonyl (C=O) groups excluding carboxylic acids is 1. The van der Waals surface area contributed by atoms with Crippen molar-refractivity contribution < 1.29 is 4.79 Å². The largest absolute Gasteiger partial charge is 0.325 e. The van der Waals surface area contributed by atoms with E-state index in [1.807, 2.05) is 37.3 Å². The van der Waals surface area contributed by atoms with Gasteiger partial charge in [0, 0.05) is 21.9 Å². The van der Waals surface area contributed by atoms with Crippen molar-refractivity contribution in [3.05, 3.63) is 47.1 Å². The second kappa shape index (κ2) is 7.14. The summed E-state index contributed by atoms with van der Waals surface area (Å²) in [4.78, 5) is 21.5. The van der Waals surface area contributed by atoms with Crippen molar-refractivity contribution in [2.75, 3.05) is 11.1 Å². The molecule has 0 atom stereocenters. The number of para-hydroxylation sites is 1. The number of nitrogens with zero attached hydrogens (tertiary/aromatic N) is 2. The van der Waals surface area contributed by atoms with Gasteiger partial charge in [0.25, 0.3) is 0 Å². The lowest BCUT2D eigenvalue weighted by molar-refractivity contribution is -0.113. The summed E-state index contributed by atoms with van der Waals surface area (Å²) < 4.78 is 0.927. The fourth-order valence-corrected chi connectivity index (χ4v) is 4.25. The molecule has 0 bridgehead atoms. The summed E-state index contributed by atoms with van der Waals surface area (Å²) in [5, 5.41) is 6.03. The number of hydrogen-bond donors (Lipinski definition) is 1. The van der Waals surface area contributed by atoms with Crippen molar-refractivity contribution in [2.45, 2.75) is 37.4 Å².